The molecule has 0 aromatic heterocycles. The second-order valence-corrected chi connectivity index (χ2v) is 7.96. The van der Waals surface area contributed by atoms with Gasteiger partial charge in [-0.05, 0) is 61.2 Å². The third-order valence-electron chi connectivity index (χ3n) is 5.99. The van der Waals surface area contributed by atoms with Gasteiger partial charge in [-0.25, -0.2) is 9.29 Å². The summed E-state index contributed by atoms with van der Waals surface area (Å²) in [6, 6.07) is 20.8. The Labute approximate surface area is 191 Å². The minimum Gasteiger partial charge on any atom is -0.494 e. The molecule has 5 nitrogen and oxygen atoms in total. The summed E-state index contributed by atoms with van der Waals surface area (Å²) in [5.41, 5.74) is 3.11. The lowest BCUT2D eigenvalue weighted by molar-refractivity contribution is -0.120. The molecule has 0 spiro atoms. The Bertz CT molecular complexity index is 1270. The highest BCUT2D eigenvalue weighted by Crippen LogP contribution is 2.40. The number of benzene rings is 3. The van der Waals surface area contributed by atoms with Crippen LogP contribution in [-0.4, -0.2) is 25.0 Å². The average molecular weight is 442 g/mol. The summed E-state index contributed by atoms with van der Waals surface area (Å²) >= 11 is 0. The number of nitrogens with zero attached hydrogens (tertiary/aromatic N) is 2. The maximum Gasteiger partial charge on any atom is 0.282 e. The Morgan fingerprint density at radius 1 is 0.879 bits per heavy atom. The summed E-state index contributed by atoms with van der Waals surface area (Å²) in [5.74, 6) is -1.00. The minimum atomic E-state index is -0.620. The maximum absolute atomic E-state index is 14.7. The third-order valence-corrected chi connectivity index (χ3v) is 5.99. The molecule has 2 heterocycles. The Hall–Kier alpha value is -3.93. The van der Waals surface area contributed by atoms with E-state index in [1.165, 1.54) is 18.2 Å². The number of rotatable bonds is 5. The molecule has 0 N–H and O–H groups in total. The van der Waals surface area contributed by atoms with E-state index in [1.54, 1.807) is 30.3 Å². The molecular formula is C27H23FN2O3. The van der Waals surface area contributed by atoms with Gasteiger partial charge in [0.25, 0.3) is 11.8 Å². The predicted molar refractivity (Wildman–Crippen MR) is 126 cm³/mol. The summed E-state index contributed by atoms with van der Waals surface area (Å²) in [6.07, 6.45) is 1.75. The van der Waals surface area contributed by atoms with Crippen LogP contribution in [0.2, 0.25) is 0 Å². The fourth-order valence-electron chi connectivity index (χ4n) is 4.53. The number of carbonyl (C=O) groups excluding carboxylic acids is 2. The van der Waals surface area contributed by atoms with Crippen molar-refractivity contribution in [1.82, 2.24) is 0 Å². The van der Waals surface area contributed by atoms with Crippen LogP contribution in [0.1, 0.15) is 24.5 Å². The summed E-state index contributed by atoms with van der Waals surface area (Å²) in [7, 11) is 0. The highest BCUT2D eigenvalue weighted by Gasteiger charge is 2.44. The van der Waals surface area contributed by atoms with E-state index in [1.807, 2.05) is 36.1 Å². The van der Waals surface area contributed by atoms with Crippen molar-refractivity contribution >= 4 is 28.8 Å². The van der Waals surface area contributed by atoms with E-state index in [-0.39, 0.29) is 17.0 Å². The highest BCUT2D eigenvalue weighted by atomic mass is 19.1. The zero-order valence-electron chi connectivity index (χ0n) is 18.3. The largest absolute Gasteiger partial charge is 0.494 e. The van der Waals surface area contributed by atoms with Gasteiger partial charge in [0.1, 0.15) is 17.3 Å². The summed E-state index contributed by atoms with van der Waals surface area (Å²) in [6.45, 7) is 3.02. The van der Waals surface area contributed by atoms with Crippen LogP contribution < -0.4 is 14.5 Å². The number of aryl methyl sites for hydroxylation is 1. The molecule has 6 heteroatoms. The van der Waals surface area contributed by atoms with Crippen LogP contribution in [0.3, 0.4) is 0 Å². The lowest BCUT2D eigenvalue weighted by atomic mass is 9.98. The molecule has 3 aromatic carbocycles. The Balaban J connectivity index is 1.68. The molecule has 0 unspecified atom stereocenters. The van der Waals surface area contributed by atoms with E-state index >= 15 is 0 Å². The molecule has 2 aliphatic rings. The maximum atomic E-state index is 14.7. The fraction of sp³-hybridized carbons (Fsp3) is 0.185. The first kappa shape index (κ1) is 20.9. The van der Waals surface area contributed by atoms with Gasteiger partial charge >= 0.3 is 0 Å². The third kappa shape index (κ3) is 3.57. The molecule has 0 fully saturated rings. The van der Waals surface area contributed by atoms with E-state index in [9.17, 15) is 14.0 Å². The number of ether oxygens (including phenoxy) is 1. The molecule has 2 aliphatic heterocycles. The monoisotopic (exact) mass is 442 g/mol. The second kappa shape index (κ2) is 8.54. The van der Waals surface area contributed by atoms with Crippen LogP contribution >= 0.6 is 0 Å². The number of fused-ring (bicyclic) bond motifs is 1. The normalized spacial score (nSPS) is 15.8. The van der Waals surface area contributed by atoms with Gasteiger partial charge in [-0.3, -0.25) is 9.59 Å². The summed E-state index contributed by atoms with van der Waals surface area (Å²) in [5, 5.41) is 0. The van der Waals surface area contributed by atoms with E-state index < -0.39 is 17.6 Å². The minimum absolute atomic E-state index is 0.0452. The van der Waals surface area contributed by atoms with Gasteiger partial charge in [-0.15, -0.1) is 0 Å². The topological polar surface area (TPSA) is 49.9 Å². The van der Waals surface area contributed by atoms with Crippen LogP contribution in [0.4, 0.5) is 15.8 Å². The van der Waals surface area contributed by atoms with E-state index in [2.05, 4.69) is 0 Å². The fourth-order valence-corrected chi connectivity index (χ4v) is 4.53. The van der Waals surface area contributed by atoms with Gasteiger partial charge < -0.3 is 9.64 Å². The van der Waals surface area contributed by atoms with E-state index in [4.69, 9.17) is 4.74 Å². The molecule has 0 bridgehead atoms. The molecule has 33 heavy (non-hydrogen) atoms. The molecule has 0 aliphatic carbocycles. The van der Waals surface area contributed by atoms with Crippen molar-refractivity contribution in [3.05, 3.63) is 95.4 Å². The molecule has 5 rings (SSSR count). The van der Waals surface area contributed by atoms with Crippen molar-refractivity contribution in [3.8, 4) is 5.75 Å². The van der Waals surface area contributed by atoms with Gasteiger partial charge in [0, 0.05) is 12.2 Å². The quantitative estimate of drug-likeness (QED) is 0.524. The zero-order valence-corrected chi connectivity index (χ0v) is 18.3. The number of hydrogen-bond acceptors (Lipinski definition) is 4. The Kier molecular flexibility index (Phi) is 5.42. The first-order valence-electron chi connectivity index (χ1n) is 11.1. The smallest absolute Gasteiger partial charge is 0.282 e. The molecule has 0 saturated heterocycles. The van der Waals surface area contributed by atoms with Crippen molar-refractivity contribution in [2.24, 2.45) is 0 Å². The van der Waals surface area contributed by atoms with Gasteiger partial charge in [0.2, 0.25) is 0 Å². The van der Waals surface area contributed by atoms with E-state index in [0.29, 0.717) is 24.5 Å². The van der Waals surface area contributed by atoms with Crippen LogP contribution in [0, 0.1) is 5.82 Å². The molecule has 2 amide bonds. The molecular weight excluding hydrogens is 419 g/mol. The van der Waals surface area contributed by atoms with Crippen molar-refractivity contribution in [2.45, 2.75) is 19.8 Å². The SMILES string of the molecule is CCOc1ccc(C2=C(N3CCCc4ccccc43)C(=O)N(c3ccccc3F)C2=O)cc1. The lowest BCUT2D eigenvalue weighted by Crippen LogP contribution is -2.37. The number of anilines is 2. The van der Waals surface area contributed by atoms with Crippen molar-refractivity contribution in [2.75, 3.05) is 23.0 Å². The average Bonchev–Trinajstić information content (AvgIpc) is 3.09. The van der Waals surface area contributed by atoms with Crippen LogP contribution in [-0.2, 0) is 16.0 Å². The van der Waals surface area contributed by atoms with Gasteiger partial charge in [0.05, 0.1) is 17.9 Å². The molecule has 166 valence electrons. The molecule has 0 radical (unpaired) electrons. The number of hydrogen-bond donors (Lipinski definition) is 0. The van der Waals surface area contributed by atoms with E-state index in [0.717, 1.165) is 29.0 Å². The number of imide groups is 1. The van der Waals surface area contributed by atoms with Crippen LogP contribution in [0.15, 0.2) is 78.5 Å². The number of para-hydroxylation sites is 2. The highest BCUT2D eigenvalue weighted by molar-refractivity contribution is 6.46. The van der Waals surface area contributed by atoms with Crippen LogP contribution in [0.5, 0.6) is 5.75 Å². The standard InChI is InChI=1S/C27H23FN2O3/c1-2-33-20-15-13-19(14-16-20)24-25(29-17-7-9-18-8-3-5-11-22(18)29)27(32)30(26(24)31)23-12-6-4-10-21(23)28/h3-6,8,10-16H,2,7,9,17H2,1H3. The van der Waals surface area contributed by atoms with Crippen molar-refractivity contribution in [1.29, 1.82) is 0 Å². The zero-order chi connectivity index (χ0) is 22.9. The van der Waals surface area contributed by atoms with Crippen molar-refractivity contribution < 1.29 is 18.7 Å². The Morgan fingerprint density at radius 2 is 1.58 bits per heavy atom. The second-order valence-electron chi connectivity index (χ2n) is 7.96. The molecule has 0 atom stereocenters. The lowest BCUT2D eigenvalue weighted by Gasteiger charge is -2.32. The molecule has 3 aromatic rings. The summed E-state index contributed by atoms with van der Waals surface area (Å²) < 4.78 is 20.2. The van der Waals surface area contributed by atoms with Crippen LogP contribution in [0.25, 0.3) is 5.57 Å². The first-order valence-corrected chi connectivity index (χ1v) is 11.1. The Morgan fingerprint density at radius 3 is 2.30 bits per heavy atom. The molecule has 0 saturated carbocycles. The van der Waals surface area contributed by atoms with Crippen molar-refractivity contribution in [3.63, 3.8) is 0 Å². The van der Waals surface area contributed by atoms with Gasteiger partial charge in [-0.1, -0.05) is 42.5 Å². The number of amides is 2. The first-order chi connectivity index (χ1) is 16.1. The number of carbonyl (C=O) groups is 2. The summed E-state index contributed by atoms with van der Waals surface area (Å²) in [4.78, 5) is 30.3. The predicted octanol–water partition coefficient (Wildman–Crippen LogP) is 4.96. The number of halogens is 1. The van der Waals surface area contributed by atoms with Gasteiger partial charge in [0.15, 0.2) is 0 Å². The van der Waals surface area contributed by atoms with Gasteiger partial charge in [-0.2, -0.15) is 0 Å².